The Morgan fingerprint density at radius 2 is 2.05 bits per heavy atom. The van der Waals surface area contributed by atoms with Gasteiger partial charge in [0.25, 0.3) is 0 Å². The standard InChI is InChI=1S/C14H15ClN2O3S/c1-9(18)13-7-12(17(19)20)14(21-13)16(2)8-10-3-5-11(15)6-4-10/h3-7,9,18H,8H2,1-2H3/t9-/m1/s1. The van der Waals surface area contributed by atoms with Crippen LogP contribution in [0.4, 0.5) is 10.7 Å². The molecule has 0 spiro atoms. The Balaban J connectivity index is 2.27. The third-order valence-corrected chi connectivity index (χ3v) is 4.66. The number of benzene rings is 1. The number of hydrogen-bond donors (Lipinski definition) is 1. The maximum Gasteiger partial charge on any atom is 0.304 e. The molecule has 1 heterocycles. The number of halogens is 1. The van der Waals surface area contributed by atoms with Crippen LogP contribution in [0.1, 0.15) is 23.5 Å². The molecule has 7 heteroatoms. The van der Waals surface area contributed by atoms with Gasteiger partial charge in [-0.2, -0.15) is 0 Å². The number of hydrogen-bond acceptors (Lipinski definition) is 5. The Labute approximate surface area is 131 Å². The van der Waals surface area contributed by atoms with Gasteiger partial charge in [0, 0.05) is 29.6 Å². The van der Waals surface area contributed by atoms with Crippen molar-refractivity contribution in [1.82, 2.24) is 0 Å². The first-order valence-electron chi connectivity index (χ1n) is 6.30. The molecule has 0 saturated carbocycles. The minimum absolute atomic E-state index is 0.0207. The van der Waals surface area contributed by atoms with Gasteiger partial charge in [-0.25, -0.2) is 0 Å². The Hall–Kier alpha value is -1.63. The number of aliphatic hydroxyl groups excluding tert-OH is 1. The number of nitro groups is 1. The largest absolute Gasteiger partial charge is 0.388 e. The van der Waals surface area contributed by atoms with Crippen LogP contribution in [-0.4, -0.2) is 17.1 Å². The second-order valence-electron chi connectivity index (χ2n) is 4.75. The normalized spacial score (nSPS) is 12.2. The number of rotatable bonds is 5. The Morgan fingerprint density at radius 3 is 2.57 bits per heavy atom. The highest BCUT2D eigenvalue weighted by Crippen LogP contribution is 2.40. The molecule has 112 valence electrons. The molecule has 0 aliphatic heterocycles. The van der Waals surface area contributed by atoms with E-state index in [1.54, 1.807) is 31.0 Å². The lowest BCUT2D eigenvalue weighted by Crippen LogP contribution is -2.16. The predicted octanol–water partition coefficient (Wildman–Crippen LogP) is 4.00. The highest BCUT2D eigenvalue weighted by molar-refractivity contribution is 7.16. The van der Waals surface area contributed by atoms with Crippen molar-refractivity contribution >= 4 is 33.6 Å². The summed E-state index contributed by atoms with van der Waals surface area (Å²) in [5, 5.41) is 21.9. The lowest BCUT2D eigenvalue weighted by Gasteiger charge is -2.16. The van der Waals surface area contributed by atoms with Crippen LogP contribution in [0.2, 0.25) is 5.02 Å². The van der Waals surface area contributed by atoms with E-state index < -0.39 is 11.0 Å². The van der Waals surface area contributed by atoms with Crippen LogP contribution >= 0.6 is 22.9 Å². The van der Waals surface area contributed by atoms with E-state index in [1.165, 1.54) is 17.4 Å². The fraction of sp³-hybridized carbons (Fsp3) is 0.286. The molecule has 0 radical (unpaired) electrons. The van der Waals surface area contributed by atoms with Gasteiger partial charge in [-0.05, 0) is 24.6 Å². The summed E-state index contributed by atoms with van der Waals surface area (Å²) >= 11 is 7.08. The van der Waals surface area contributed by atoms with Gasteiger partial charge in [0.05, 0.1) is 11.0 Å². The van der Waals surface area contributed by atoms with Gasteiger partial charge in [0.15, 0.2) is 5.00 Å². The van der Waals surface area contributed by atoms with E-state index in [0.29, 0.717) is 21.4 Å². The fourth-order valence-electron chi connectivity index (χ4n) is 1.94. The molecule has 0 amide bonds. The summed E-state index contributed by atoms with van der Waals surface area (Å²) in [6.07, 6.45) is -0.716. The zero-order valence-electron chi connectivity index (χ0n) is 11.6. The predicted molar refractivity (Wildman–Crippen MR) is 85.2 cm³/mol. The maximum absolute atomic E-state index is 11.1. The Kier molecular flexibility index (Phi) is 4.82. The minimum Gasteiger partial charge on any atom is -0.388 e. The van der Waals surface area contributed by atoms with E-state index in [1.807, 2.05) is 12.1 Å². The fourth-order valence-corrected chi connectivity index (χ4v) is 3.08. The van der Waals surface area contributed by atoms with Gasteiger partial charge in [0.2, 0.25) is 0 Å². The molecule has 1 atom stereocenters. The van der Waals surface area contributed by atoms with Gasteiger partial charge in [-0.3, -0.25) is 10.1 Å². The first-order valence-corrected chi connectivity index (χ1v) is 7.49. The van der Waals surface area contributed by atoms with Gasteiger partial charge in [-0.15, -0.1) is 11.3 Å². The Morgan fingerprint density at radius 1 is 1.43 bits per heavy atom. The molecule has 0 bridgehead atoms. The number of nitrogens with zero attached hydrogens (tertiary/aromatic N) is 2. The summed E-state index contributed by atoms with van der Waals surface area (Å²) in [5.74, 6) is 0. The number of anilines is 1. The average molecular weight is 327 g/mol. The van der Waals surface area contributed by atoms with E-state index in [9.17, 15) is 15.2 Å². The highest BCUT2D eigenvalue weighted by atomic mass is 35.5. The van der Waals surface area contributed by atoms with Crippen molar-refractivity contribution < 1.29 is 10.0 Å². The van der Waals surface area contributed by atoms with Gasteiger partial charge in [-0.1, -0.05) is 23.7 Å². The van der Waals surface area contributed by atoms with Crippen LogP contribution in [-0.2, 0) is 6.54 Å². The number of thiophene rings is 1. The molecule has 21 heavy (non-hydrogen) atoms. The van der Waals surface area contributed by atoms with Crippen LogP contribution in [0.15, 0.2) is 30.3 Å². The quantitative estimate of drug-likeness (QED) is 0.666. The van der Waals surface area contributed by atoms with E-state index in [0.717, 1.165) is 5.56 Å². The smallest absolute Gasteiger partial charge is 0.304 e. The second-order valence-corrected chi connectivity index (χ2v) is 6.25. The summed E-state index contributed by atoms with van der Waals surface area (Å²) in [6, 6.07) is 8.77. The molecule has 0 aliphatic rings. The summed E-state index contributed by atoms with van der Waals surface area (Å²) in [5.41, 5.74) is 1.02. The number of aliphatic hydroxyl groups is 1. The van der Waals surface area contributed by atoms with Crippen molar-refractivity contribution in [3.05, 3.63) is 55.9 Å². The SMILES string of the molecule is C[C@@H](O)c1cc([N+](=O)[O-])c(N(C)Cc2ccc(Cl)cc2)s1. The summed E-state index contributed by atoms with van der Waals surface area (Å²) in [6.45, 7) is 2.12. The Bertz CT molecular complexity index is 640. The summed E-state index contributed by atoms with van der Waals surface area (Å²) in [4.78, 5) is 13.1. The molecule has 0 fully saturated rings. The molecule has 1 aromatic heterocycles. The molecular weight excluding hydrogens is 312 g/mol. The minimum atomic E-state index is -0.716. The lowest BCUT2D eigenvalue weighted by molar-refractivity contribution is -0.383. The van der Waals surface area contributed by atoms with Gasteiger partial charge >= 0.3 is 5.69 Å². The highest BCUT2D eigenvalue weighted by Gasteiger charge is 2.23. The van der Waals surface area contributed by atoms with Crippen LogP contribution in [0.25, 0.3) is 0 Å². The topological polar surface area (TPSA) is 66.6 Å². The monoisotopic (exact) mass is 326 g/mol. The summed E-state index contributed by atoms with van der Waals surface area (Å²) in [7, 11) is 1.79. The van der Waals surface area contributed by atoms with Gasteiger partial charge < -0.3 is 10.0 Å². The van der Waals surface area contributed by atoms with Crippen LogP contribution < -0.4 is 4.90 Å². The first-order chi connectivity index (χ1) is 9.88. The van der Waals surface area contributed by atoms with Crippen molar-refractivity contribution in [2.24, 2.45) is 0 Å². The van der Waals surface area contributed by atoms with Crippen LogP contribution in [0, 0.1) is 10.1 Å². The van der Waals surface area contributed by atoms with E-state index in [4.69, 9.17) is 11.6 Å². The first kappa shape index (κ1) is 15.8. The second kappa shape index (κ2) is 6.43. The van der Waals surface area contributed by atoms with Gasteiger partial charge in [0.1, 0.15) is 0 Å². The van der Waals surface area contributed by atoms with Crippen molar-refractivity contribution in [2.45, 2.75) is 19.6 Å². The van der Waals surface area contributed by atoms with E-state index in [-0.39, 0.29) is 5.69 Å². The van der Waals surface area contributed by atoms with E-state index in [2.05, 4.69) is 0 Å². The molecule has 1 aromatic carbocycles. The van der Waals surface area contributed by atoms with Crippen molar-refractivity contribution in [3.8, 4) is 0 Å². The van der Waals surface area contributed by atoms with Crippen molar-refractivity contribution in [3.63, 3.8) is 0 Å². The third-order valence-electron chi connectivity index (χ3n) is 3.00. The van der Waals surface area contributed by atoms with Crippen LogP contribution in [0.5, 0.6) is 0 Å². The van der Waals surface area contributed by atoms with E-state index >= 15 is 0 Å². The van der Waals surface area contributed by atoms with Crippen LogP contribution in [0.3, 0.4) is 0 Å². The zero-order valence-corrected chi connectivity index (χ0v) is 13.2. The molecule has 2 aromatic rings. The average Bonchev–Trinajstić information content (AvgIpc) is 2.87. The molecule has 0 unspecified atom stereocenters. The molecule has 0 aliphatic carbocycles. The molecule has 5 nitrogen and oxygen atoms in total. The van der Waals surface area contributed by atoms with Crippen molar-refractivity contribution in [1.29, 1.82) is 0 Å². The molecule has 1 N–H and O–H groups in total. The molecular formula is C14H15ClN2O3S. The zero-order chi connectivity index (χ0) is 15.6. The lowest BCUT2D eigenvalue weighted by atomic mass is 10.2. The third kappa shape index (κ3) is 3.72. The maximum atomic E-state index is 11.1. The molecule has 2 rings (SSSR count). The molecule has 0 saturated heterocycles. The summed E-state index contributed by atoms with van der Waals surface area (Å²) < 4.78 is 0. The van der Waals surface area contributed by atoms with Crippen molar-refractivity contribution in [2.75, 3.05) is 11.9 Å².